The summed E-state index contributed by atoms with van der Waals surface area (Å²) in [6.07, 6.45) is 0.473. The highest BCUT2D eigenvalue weighted by Gasteiger charge is 2.34. The second-order valence-electron chi connectivity index (χ2n) is 5.76. The Bertz CT molecular complexity index is 832. The predicted octanol–water partition coefficient (Wildman–Crippen LogP) is 3.11. The number of amides is 1. The van der Waals surface area contributed by atoms with Gasteiger partial charge in [-0.05, 0) is 30.3 Å². The summed E-state index contributed by atoms with van der Waals surface area (Å²) < 4.78 is 10.8. The number of methoxy groups -OCH3 is 2. The van der Waals surface area contributed by atoms with Crippen molar-refractivity contribution in [3.8, 4) is 17.2 Å². The lowest BCUT2D eigenvalue weighted by Gasteiger charge is -2.22. The molecular weight excluding hydrogens is 320 g/mol. The van der Waals surface area contributed by atoms with E-state index in [0.717, 1.165) is 5.56 Å². The monoisotopic (exact) mass is 340 g/mol. The van der Waals surface area contributed by atoms with Crippen molar-refractivity contribution in [3.63, 3.8) is 0 Å². The molecule has 0 bridgehead atoms. The van der Waals surface area contributed by atoms with Gasteiger partial charge in [0, 0.05) is 24.5 Å². The molecule has 0 saturated heterocycles. The van der Waals surface area contributed by atoms with Crippen molar-refractivity contribution in [3.05, 3.63) is 53.6 Å². The molecule has 0 unspecified atom stereocenters. The molecule has 2 aromatic carbocycles. The third-order valence-corrected chi connectivity index (χ3v) is 4.24. The Kier molecular flexibility index (Phi) is 4.61. The van der Waals surface area contributed by atoms with Crippen LogP contribution < -0.4 is 9.47 Å². The van der Waals surface area contributed by atoms with Crippen molar-refractivity contribution in [2.24, 2.45) is 5.10 Å². The van der Waals surface area contributed by atoms with E-state index in [0.29, 0.717) is 29.2 Å². The molecule has 3 rings (SSSR count). The van der Waals surface area contributed by atoms with Crippen molar-refractivity contribution < 1.29 is 19.4 Å². The number of phenols is 1. The van der Waals surface area contributed by atoms with Crippen molar-refractivity contribution in [1.29, 1.82) is 0 Å². The van der Waals surface area contributed by atoms with Gasteiger partial charge in [-0.3, -0.25) is 4.79 Å². The average Bonchev–Trinajstić information content (AvgIpc) is 3.06. The number of hydrazone groups is 1. The third kappa shape index (κ3) is 3.15. The van der Waals surface area contributed by atoms with Crippen LogP contribution in [0.4, 0.5) is 0 Å². The number of carbonyl (C=O) groups excluding carboxylic acids is 1. The largest absolute Gasteiger partial charge is 0.507 e. The number of rotatable bonds is 4. The Labute approximate surface area is 146 Å². The zero-order valence-electron chi connectivity index (χ0n) is 14.4. The fourth-order valence-electron chi connectivity index (χ4n) is 3.02. The van der Waals surface area contributed by atoms with Crippen LogP contribution in [0.15, 0.2) is 47.6 Å². The minimum absolute atomic E-state index is 0.142. The Morgan fingerprint density at radius 3 is 2.60 bits per heavy atom. The van der Waals surface area contributed by atoms with E-state index in [1.165, 1.54) is 11.9 Å². The van der Waals surface area contributed by atoms with E-state index in [2.05, 4.69) is 5.10 Å². The van der Waals surface area contributed by atoms with Gasteiger partial charge in [0.2, 0.25) is 5.91 Å². The van der Waals surface area contributed by atoms with Crippen LogP contribution in [0.2, 0.25) is 0 Å². The lowest BCUT2D eigenvalue weighted by Crippen LogP contribution is -2.24. The summed E-state index contributed by atoms with van der Waals surface area (Å²) in [5.41, 5.74) is 2.09. The molecule has 25 heavy (non-hydrogen) atoms. The Morgan fingerprint density at radius 2 is 1.96 bits per heavy atom. The molecule has 130 valence electrons. The van der Waals surface area contributed by atoms with Gasteiger partial charge in [0.25, 0.3) is 0 Å². The van der Waals surface area contributed by atoms with Crippen molar-refractivity contribution in [2.75, 3.05) is 14.2 Å². The van der Waals surface area contributed by atoms with E-state index in [-0.39, 0.29) is 17.7 Å². The molecule has 1 aliphatic heterocycles. The van der Waals surface area contributed by atoms with Crippen LogP contribution in [0, 0.1) is 0 Å². The molecule has 0 fully saturated rings. The molecule has 0 aliphatic carbocycles. The quantitative estimate of drug-likeness (QED) is 0.928. The Hall–Kier alpha value is -3.02. The highest BCUT2D eigenvalue weighted by Crippen LogP contribution is 2.40. The number of hydrogen-bond acceptors (Lipinski definition) is 5. The summed E-state index contributed by atoms with van der Waals surface area (Å²) in [6.45, 7) is 1.47. The normalized spacial score (nSPS) is 16.5. The topological polar surface area (TPSA) is 71.4 Å². The maximum absolute atomic E-state index is 12.1. The van der Waals surface area contributed by atoms with E-state index in [1.807, 2.05) is 18.2 Å². The number of benzene rings is 2. The minimum atomic E-state index is -0.322. The fourth-order valence-corrected chi connectivity index (χ4v) is 3.02. The van der Waals surface area contributed by atoms with Crippen LogP contribution in [0.5, 0.6) is 17.2 Å². The van der Waals surface area contributed by atoms with E-state index < -0.39 is 0 Å². The molecule has 1 N–H and O–H groups in total. The molecule has 1 atom stereocenters. The van der Waals surface area contributed by atoms with Gasteiger partial charge in [-0.15, -0.1) is 0 Å². The van der Waals surface area contributed by atoms with E-state index in [4.69, 9.17) is 9.47 Å². The molecule has 1 aliphatic rings. The van der Waals surface area contributed by atoms with Crippen LogP contribution >= 0.6 is 0 Å². The first-order valence-electron chi connectivity index (χ1n) is 7.92. The fraction of sp³-hybridized carbons (Fsp3) is 0.263. The summed E-state index contributed by atoms with van der Waals surface area (Å²) in [4.78, 5) is 12.1. The lowest BCUT2D eigenvalue weighted by molar-refractivity contribution is -0.130. The summed E-state index contributed by atoms with van der Waals surface area (Å²) in [7, 11) is 3.18. The lowest BCUT2D eigenvalue weighted by atomic mass is 9.97. The Balaban J connectivity index is 2.04. The average molecular weight is 340 g/mol. The maximum atomic E-state index is 12.1. The second kappa shape index (κ2) is 6.84. The zero-order valence-corrected chi connectivity index (χ0v) is 14.4. The number of ether oxygens (including phenoxy) is 2. The van der Waals surface area contributed by atoms with Crippen LogP contribution in [0.1, 0.15) is 30.5 Å². The molecule has 6 nitrogen and oxygen atoms in total. The van der Waals surface area contributed by atoms with Crippen LogP contribution in [0.3, 0.4) is 0 Å². The minimum Gasteiger partial charge on any atom is -0.507 e. The van der Waals surface area contributed by atoms with Gasteiger partial charge < -0.3 is 14.6 Å². The van der Waals surface area contributed by atoms with E-state index >= 15 is 0 Å². The molecule has 1 heterocycles. The molecule has 6 heteroatoms. The van der Waals surface area contributed by atoms with Crippen molar-refractivity contribution >= 4 is 11.6 Å². The van der Waals surface area contributed by atoms with Gasteiger partial charge in [0.15, 0.2) is 0 Å². The number of nitrogens with zero attached hydrogens (tertiary/aromatic N) is 2. The Morgan fingerprint density at radius 1 is 1.20 bits per heavy atom. The number of carbonyl (C=O) groups is 1. The van der Waals surface area contributed by atoms with Gasteiger partial charge in [-0.2, -0.15) is 5.10 Å². The molecule has 0 spiro atoms. The van der Waals surface area contributed by atoms with Crippen LogP contribution in [0.25, 0.3) is 0 Å². The first-order chi connectivity index (χ1) is 12.0. The zero-order chi connectivity index (χ0) is 18.0. The number of aromatic hydroxyl groups is 1. The van der Waals surface area contributed by atoms with Gasteiger partial charge >= 0.3 is 0 Å². The molecule has 0 aromatic heterocycles. The standard InChI is InChI=1S/C19H20N2O4/c1-12(22)21-17(15-10-13(24-2)8-9-19(15)25-3)11-16(20-21)14-6-4-5-7-18(14)23/h4-10,17,23H,11H2,1-3H3/t17-/m0/s1. The van der Waals surface area contributed by atoms with Crippen LogP contribution in [-0.4, -0.2) is 36.0 Å². The maximum Gasteiger partial charge on any atom is 0.240 e. The highest BCUT2D eigenvalue weighted by molar-refractivity contribution is 6.05. The smallest absolute Gasteiger partial charge is 0.240 e. The van der Waals surface area contributed by atoms with Crippen molar-refractivity contribution in [1.82, 2.24) is 5.01 Å². The molecular formula is C19H20N2O4. The molecule has 0 radical (unpaired) electrons. The third-order valence-electron chi connectivity index (χ3n) is 4.24. The number of hydrogen-bond donors (Lipinski definition) is 1. The van der Waals surface area contributed by atoms with E-state index in [1.54, 1.807) is 38.5 Å². The van der Waals surface area contributed by atoms with Gasteiger partial charge in [0.05, 0.1) is 26.0 Å². The first-order valence-corrected chi connectivity index (χ1v) is 7.92. The summed E-state index contributed by atoms with van der Waals surface area (Å²) >= 11 is 0. The summed E-state index contributed by atoms with van der Waals surface area (Å²) in [5.74, 6) is 1.30. The van der Waals surface area contributed by atoms with E-state index in [9.17, 15) is 9.90 Å². The molecule has 0 saturated carbocycles. The van der Waals surface area contributed by atoms with Gasteiger partial charge in [-0.25, -0.2) is 5.01 Å². The number of phenolic OH excluding ortho intramolecular Hbond substituents is 1. The predicted molar refractivity (Wildman–Crippen MR) is 94.1 cm³/mol. The van der Waals surface area contributed by atoms with Gasteiger partial charge in [-0.1, -0.05) is 12.1 Å². The SMILES string of the molecule is COc1ccc(OC)c([C@@H]2CC(c3ccccc3O)=NN2C(C)=O)c1. The second-order valence-corrected chi connectivity index (χ2v) is 5.76. The van der Waals surface area contributed by atoms with Crippen LogP contribution in [-0.2, 0) is 4.79 Å². The van der Waals surface area contributed by atoms with Crippen molar-refractivity contribution in [2.45, 2.75) is 19.4 Å². The summed E-state index contributed by atoms with van der Waals surface area (Å²) in [6, 6.07) is 12.1. The molecule has 2 aromatic rings. The molecule has 1 amide bonds. The first kappa shape index (κ1) is 16.8. The number of para-hydroxylation sites is 1. The summed E-state index contributed by atoms with van der Waals surface area (Å²) in [5, 5.41) is 16.0. The highest BCUT2D eigenvalue weighted by atomic mass is 16.5. The van der Waals surface area contributed by atoms with Gasteiger partial charge in [0.1, 0.15) is 17.2 Å².